The van der Waals surface area contributed by atoms with Gasteiger partial charge in [0.25, 0.3) is 0 Å². The first kappa shape index (κ1) is 15.3. The minimum absolute atomic E-state index is 0.100. The number of ether oxygens (including phenoxy) is 1. The molecule has 1 unspecified atom stereocenters. The zero-order chi connectivity index (χ0) is 15.6. The molecule has 0 fully saturated rings. The van der Waals surface area contributed by atoms with Gasteiger partial charge in [-0.3, -0.25) is 0 Å². The van der Waals surface area contributed by atoms with Crippen LogP contribution in [0.25, 0.3) is 0 Å². The molecule has 2 nitrogen and oxygen atoms in total. The molecular weight excluding hydrogens is 286 g/mol. The monoisotopic (exact) mass is 299 g/mol. The van der Waals surface area contributed by atoms with Gasteiger partial charge in [0.2, 0.25) is 0 Å². The highest BCUT2D eigenvalue weighted by atomic mass is 19.4. The molecule has 0 saturated carbocycles. The van der Waals surface area contributed by atoms with Gasteiger partial charge in [-0.25, -0.2) is 4.39 Å². The third-order valence-corrected chi connectivity index (χ3v) is 2.87. The molecule has 0 radical (unpaired) electrons. The van der Waals surface area contributed by atoms with E-state index < -0.39 is 23.6 Å². The summed E-state index contributed by atoms with van der Waals surface area (Å²) in [7, 11) is 0. The normalized spacial score (nSPS) is 13.0. The summed E-state index contributed by atoms with van der Waals surface area (Å²) in [5, 5.41) is 0. The molecule has 0 saturated heterocycles. The van der Waals surface area contributed by atoms with Gasteiger partial charge in [-0.15, -0.1) is 0 Å². The average molecular weight is 299 g/mol. The number of halogens is 4. The predicted octanol–water partition coefficient (Wildman–Crippen LogP) is 4.66. The molecule has 2 rings (SSSR count). The highest BCUT2D eigenvalue weighted by molar-refractivity contribution is 5.43. The van der Waals surface area contributed by atoms with Gasteiger partial charge in [0.05, 0.1) is 5.56 Å². The van der Waals surface area contributed by atoms with Crippen LogP contribution < -0.4 is 10.5 Å². The Labute approximate surface area is 119 Å². The van der Waals surface area contributed by atoms with Crippen LogP contribution in [0, 0.1) is 5.82 Å². The van der Waals surface area contributed by atoms with E-state index in [2.05, 4.69) is 0 Å². The van der Waals surface area contributed by atoms with Gasteiger partial charge in [-0.1, -0.05) is 12.1 Å². The van der Waals surface area contributed by atoms with E-state index >= 15 is 0 Å². The molecule has 0 aromatic heterocycles. The van der Waals surface area contributed by atoms with Crippen molar-refractivity contribution in [1.29, 1.82) is 0 Å². The minimum atomic E-state index is -4.54. The van der Waals surface area contributed by atoms with E-state index in [1.165, 1.54) is 24.3 Å². The topological polar surface area (TPSA) is 35.2 Å². The molecule has 0 aliphatic rings. The molecule has 2 aromatic rings. The van der Waals surface area contributed by atoms with E-state index in [0.717, 1.165) is 18.2 Å². The standard InChI is InChI=1S/C15H13F4NO/c1-9(20)11-8-10(16)6-7-13(11)21-14-5-3-2-4-12(14)15(17,18)19/h2-9H,20H2,1H3. The first-order chi connectivity index (χ1) is 9.79. The molecule has 0 aliphatic heterocycles. The second-order valence-corrected chi connectivity index (χ2v) is 4.57. The SMILES string of the molecule is CC(N)c1cc(F)ccc1Oc1ccccc1C(F)(F)F. The molecule has 2 N–H and O–H groups in total. The fraction of sp³-hybridized carbons (Fsp3) is 0.200. The predicted molar refractivity (Wildman–Crippen MR) is 70.5 cm³/mol. The van der Waals surface area contributed by atoms with Crippen molar-refractivity contribution in [2.24, 2.45) is 5.73 Å². The van der Waals surface area contributed by atoms with Crippen LogP contribution in [0.3, 0.4) is 0 Å². The van der Waals surface area contributed by atoms with E-state index in [9.17, 15) is 17.6 Å². The van der Waals surface area contributed by atoms with E-state index in [4.69, 9.17) is 10.5 Å². The molecule has 2 aromatic carbocycles. The van der Waals surface area contributed by atoms with Crippen LogP contribution in [0.1, 0.15) is 24.1 Å². The lowest BCUT2D eigenvalue weighted by Crippen LogP contribution is -2.09. The summed E-state index contributed by atoms with van der Waals surface area (Å²) in [6, 6.07) is 7.77. The molecular formula is C15H13F4NO. The molecule has 0 bridgehead atoms. The zero-order valence-electron chi connectivity index (χ0n) is 11.1. The first-order valence-corrected chi connectivity index (χ1v) is 6.18. The maximum absolute atomic E-state index is 13.2. The molecule has 0 spiro atoms. The number of hydrogen-bond donors (Lipinski definition) is 1. The van der Waals surface area contributed by atoms with Crippen molar-refractivity contribution in [3.05, 3.63) is 59.4 Å². The van der Waals surface area contributed by atoms with Gasteiger partial charge >= 0.3 is 6.18 Å². The third kappa shape index (κ3) is 3.52. The number of para-hydroxylation sites is 1. The summed E-state index contributed by atoms with van der Waals surface area (Å²) >= 11 is 0. The molecule has 21 heavy (non-hydrogen) atoms. The summed E-state index contributed by atoms with van der Waals surface area (Å²) in [6.45, 7) is 1.59. The van der Waals surface area contributed by atoms with Crippen molar-refractivity contribution in [3.63, 3.8) is 0 Å². The Morgan fingerprint density at radius 2 is 1.71 bits per heavy atom. The van der Waals surface area contributed by atoms with Crippen molar-refractivity contribution >= 4 is 0 Å². The van der Waals surface area contributed by atoms with Gasteiger partial charge in [0.1, 0.15) is 17.3 Å². The lowest BCUT2D eigenvalue weighted by atomic mass is 10.1. The van der Waals surface area contributed by atoms with E-state index in [-0.39, 0.29) is 11.5 Å². The quantitative estimate of drug-likeness (QED) is 0.837. The Morgan fingerprint density at radius 1 is 1.05 bits per heavy atom. The molecule has 1 atom stereocenters. The maximum Gasteiger partial charge on any atom is 0.419 e. The highest BCUT2D eigenvalue weighted by Gasteiger charge is 2.34. The second kappa shape index (κ2) is 5.73. The number of benzene rings is 2. The highest BCUT2D eigenvalue weighted by Crippen LogP contribution is 2.39. The summed E-state index contributed by atoms with van der Waals surface area (Å²) in [6.07, 6.45) is -4.54. The Balaban J connectivity index is 2.44. The minimum Gasteiger partial charge on any atom is -0.456 e. The largest absolute Gasteiger partial charge is 0.456 e. The van der Waals surface area contributed by atoms with Crippen molar-refractivity contribution in [2.45, 2.75) is 19.1 Å². The smallest absolute Gasteiger partial charge is 0.419 e. The van der Waals surface area contributed by atoms with Gasteiger partial charge in [-0.2, -0.15) is 13.2 Å². The van der Waals surface area contributed by atoms with E-state index in [1.54, 1.807) is 6.92 Å². The van der Waals surface area contributed by atoms with Crippen molar-refractivity contribution < 1.29 is 22.3 Å². The lowest BCUT2D eigenvalue weighted by molar-refractivity contribution is -0.138. The fourth-order valence-corrected chi connectivity index (χ4v) is 1.88. The second-order valence-electron chi connectivity index (χ2n) is 4.57. The molecule has 0 aliphatic carbocycles. The van der Waals surface area contributed by atoms with Gasteiger partial charge in [0.15, 0.2) is 0 Å². The van der Waals surface area contributed by atoms with Gasteiger partial charge < -0.3 is 10.5 Å². The molecule has 112 valence electrons. The van der Waals surface area contributed by atoms with Crippen molar-refractivity contribution in [1.82, 2.24) is 0 Å². The summed E-state index contributed by atoms with van der Waals surface area (Å²) in [5.74, 6) is -0.777. The summed E-state index contributed by atoms with van der Waals surface area (Å²) in [4.78, 5) is 0. The van der Waals surface area contributed by atoms with Crippen LogP contribution >= 0.6 is 0 Å². The Bertz CT molecular complexity index is 638. The van der Waals surface area contributed by atoms with Crippen LogP contribution in [0.4, 0.5) is 17.6 Å². The third-order valence-electron chi connectivity index (χ3n) is 2.87. The van der Waals surface area contributed by atoms with Crippen molar-refractivity contribution in [3.8, 4) is 11.5 Å². The number of rotatable bonds is 3. The lowest BCUT2D eigenvalue weighted by Gasteiger charge is -2.17. The molecule has 0 heterocycles. The number of alkyl halides is 3. The fourth-order valence-electron chi connectivity index (χ4n) is 1.88. The molecule has 0 amide bonds. The van der Waals surface area contributed by atoms with Gasteiger partial charge in [0, 0.05) is 11.6 Å². The van der Waals surface area contributed by atoms with E-state index in [1.807, 2.05) is 0 Å². The number of hydrogen-bond acceptors (Lipinski definition) is 2. The molecule has 6 heteroatoms. The van der Waals surface area contributed by atoms with Crippen LogP contribution in [-0.2, 0) is 6.18 Å². The zero-order valence-corrected chi connectivity index (χ0v) is 11.1. The maximum atomic E-state index is 13.2. The first-order valence-electron chi connectivity index (χ1n) is 6.18. The summed E-state index contributed by atoms with van der Waals surface area (Å²) in [5.41, 5.74) is 5.09. The van der Waals surface area contributed by atoms with Crippen LogP contribution in [0.2, 0.25) is 0 Å². The Kier molecular flexibility index (Phi) is 4.18. The van der Waals surface area contributed by atoms with Crippen LogP contribution in [0.5, 0.6) is 11.5 Å². The van der Waals surface area contributed by atoms with Crippen LogP contribution in [0.15, 0.2) is 42.5 Å². The van der Waals surface area contributed by atoms with Crippen LogP contribution in [-0.4, -0.2) is 0 Å². The average Bonchev–Trinajstić information content (AvgIpc) is 2.40. The summed E-state index contributed by atoms with van der Waals surface area (Å²) < 4.78 is 57.3. The van der Waals surface area contributed by atoms with E-state index in [0.29, 0.717) is 5.56 Å². The Hall–Kier alpha value is -2.08. The van der Waals surface area contributed by atoms with Crippen molar-refractivity contribution in [2.75, 3.05) is 0 Å². The van der Waals surface area contributed by atoms with Gasteiger partial charge in [-0.05, 0) is 37.3 Å². The Morgan fingerprint density at radius 3 is 2.33 bits per heavy atom. The number of nitrogens with two attached hydrogens (primary N) is 1.